The quantitative estimate of drug-likeness (QED) is 0.853. The van der Waals surface area contributed by atoms with E-state index >= 15 is 0 Å². The minimum absolute atomic E-state index is 0.141. The molecule has 1 aliphatic carbocycles. The highest BCUT2D eigenvalue weighted by Crippen LogP contribution is 2.31. The first kappa shape index (κ1) is 11.2. The second-order valence-corrected chi connectivity index (χ2v) is 4.53. The van der Waals surface area contributed by atoms with E-state index in [2.05, 4.69) is 18.2 Å². The second-order valence-electron chi connectivity index (χ2n) is 4.53. The van der Waals surface area contributed by atoms with Gasteiger partial charge in [-0.05, 0) is 37.7 Å². The van der Waals surface area contributed by atoms with Gasteiger partial charge in [0.1, 0.15) is 0 Å². The molecule has 0 aromatic carbocycles. The van der Waals surface area contributed by atoms with Gasteiger partial charge in [0.2, 0.25) is 0 Å². The number of carboxylic acids is 1. The minimum atomic E-state index is -0.645. The molecule has 16 heavy (non-hydrogen) atoms. The van der Waals surface area contributed by atoms with E-state index in [0.717, 1.165) is 32.1 Å². The molecule has 1 aromatic heterocycles. The highest BCUT2D eigenvalue weighted by atomic mass is 16.4. The summed E-state index contributed by atoms with van der Waals surface area (Å²) in [6.45, 7) is 2.11. The zero-order valence-corrected chi connectivity index (χ0v) is 9.59. The lowest BCUT2D eigenvalue weighted by atomic mass is 9.86. The number of aromatic nitrogens is 2. The molecule has 4 nitrogen and oxygen atoms in total. The molecule has 0 unspecified atom stereocenters. The van der Waals surface area contributed by atoms with Crippen molar-refractivity contribution in [2.45, 2.75) is 45.1 Å². The first-order chi connectivity index (χ1) is 7.70. The van der Waals surface area contributed by atoms with Crippen molar-refractivity contribution >= 4 is 5.97 Å². The maximum absolute atomic E-state index is 10.8. The van der Waals surface area contributed by atoms with E-state index in [1.54, 1.807) is 0 Å². The van der Waals surface area contributed by atoms with Crippen molar-refractivity contribution in [3.63, 3.8) is 0 Å². The Balaban J connectivity index is 1.96. The van der Waals surface area contributed by atoms with Crippen LogP contribution in [0.25, 0.3) is 0 Å². The Kier molecular flexibility index (Phi) is 3.27. The molecular formula is C12H18N2O2. The summed E-state index contributed by atoms with van der Waals surface area (Å²) >= 11 is 0. The molecule has 1 saturated carbocycles. The maximum atomic E-state index is 10.8. The standard InChI is InChI=1S/C12H18N2O2/c1-2-9-7-13-14(8-9)11-5-3-10(4-6-11)12(15)16/h7-8,10-11H,2-6H2,1H3,(H,15,16). The van der Waals surface area contributed by atoms with Crippen molar-refractivity contribution in [1.29, 1.82) is 0 Å². The number of hydrogen-bond donors (Lipinski definition) is 1. The van der Waals surface area contributed by atoms with Gasteiger partial charge < -0.3 is 5.11 Å². The van der Waals surface area contributed by atoms with Gasteiger partial charge in [-0.2, -0.15) is 5.10 Å². The van der Waals surface area contributed by atoms with E-state index in [9.17, 15) is 4.79 Å². The molecule has 2 rings (SSSR count). The fraction of sp³-hybridized carbons (Fsp3) is 0.667. The van der Waals surface area contributed by atoms with Crippen molar-refractivity contribution in [1.82, 2.24) is 9.78 Å². The molecule has 0 radical (unpaired) electrons. The molecule has 1 N–H and O–H groups in total. The Morgan fingerprint density at radius 1 is 1.50 bits per heavy atom. The Morgan fingerprint density at radius 2 is 2.19 bits per heavy atom. The van der Waals surface area contributed by atoms with Gasteiger partial charge in [-0.3, -0.25) is 9.48 Å². The van der Waals surface area contributed by atoms with E-state index in [0.29, 0.717) is 6.04 Å². The lowest BCUT2D eigenvalue weighted by Gasteiger charge is -2.26. The molecule has 0 saturated heterocycles. The first-order valence-electron chi connectivity index (χ1n) is 5.96. The van der Waals surface area contributed by atoms with Crippen LogP contribution in [0.15, 0.2) is 12.4 Å². The molecular weight excluding hydrogens is 204 g/mol. The van der Waals surface area contributed by atoms with Crippen molar-refractivity contribution < 1.29 is 9.90 Å². The van der Waals surface area contributed by atoms with Crippen LogP contribution in [0.4, 0.5) is 0 Å². The van der Waals surface area contributed by atoms with Gasteiger partial charge in [0.25, 0.3) is 0 Å². The van der Waals surface area contributed by atoms with E-state index < -0.39 is 5.97 Å². The number of rotatable bonds is 3. The normalized spacial score (nSPS) is 25.6. The molecule has 0 aliphatic heterocycles. The van der Waals surface area contributed by atoms with E-state index in [4.69, 9.17) is 5.11 Å². The summed E-state index contributed by atoms with van der Waals surface area (Å²) in [6, 6.07) is 0.399. The van der Waals surface area contributed by atoms with Crippen LogP contribution in [0.5, 0.6) is 0 Å². The number of hydrogen-bond acceptors (Lipinski definition) is 2. The molecule has 1 aromatic rings. The average molecular weight is 222 g/mol. The maximum Gasteiger partial charge on any atom is 0.306 e. The molecule has 1 aliphatic rings. The summed E-state index contributed by atoms with van der Waals surface area (Å²) in [7, 11) is 0. The van der Waals surface area contributed by atoms with Crippen LogP contribution in [-0.4, -0.2) is 20.9 Å². The second kappa shape index (κ2) is 4.68. The zero-order chi connectivity index (χ0) is 11.5. The SMILES string of the molecule is CCc1cnn(C2CCC(C(=O)O)CC2)c1. The van der Waals surface area contributed by atoms with Crippen LogP contribution in [0, 0.1) is 5.92 Å². The molecule has 1 heterocycles. The monoisotopic (exact) mass is 222 g/mol. The molecule has 1 fully saturated rings. The van der Waals surface area contributed by atoms with Crippen molar-refractivity contribution in [3.8, 4) is 0 Å². The highest BCUT2D eigenvalue weighted by Gasteiger charge is 2.26. The Labute approximate surface area is 95.3 Å². The molecule has 4 heteroatoms. The van der Waals surface area contributed by atoms with Crippen LogP contribution < -0.4 is 0 Å². The summed E-state index contributed by atoms with van der Waals surface area (Å²) in [5.41, 5.74) is 1.25. The van der Waals surface area contributed by atoms with Crippen molar-refractivity contribution in [3.05, 3.63) is 18.0 Å². The van der Waals surface area contributed by atoms with Gasteiger partial charge >= 0.3 is 5.97 Å². The number of aliphatic carboxylic acids is 1. The first-order valence-corrected chi connectivity index (χ1v) is 5.96. The zero-order valence-electron chi connectivity index (χ0n) is 9.59. The molecule has 0 atom stereocenters. The van der Waals surface area contributed by atoms with E-state index in [-0.39, 0.29) is 5.92 Å². The number of carboxylic acid groups (broad SMARTS) is 1. The Morgan fingerprint density at radius 3 is 2.69 bits per heavy atom. The summed E-state index contributed by atoms with van der Waals surface area (Å²) in [4.78, 5) is 10.8. The smallest absolute Gasteiger partial charge is 0.306 e. The third kappa shape index (κ3) is 2.26. The van der Waals surface area contributed by atoms with Gasteiger partial charge in [-0.25, -0.2) is 0 Å². The van der Waals surface area contributed by atoms with E-state index in [1.807, 2.05) is 10.9 Å². The van der Waals surface area contributed by atoms with Gasteiger partial charge in [0, 0.05) is 6.20 Å². The third-order valence-electron chi connectivity index (χ3n) is 3.48. The van der Waals surface area contributed by atoms with E-state index in [1.165, 1.54) is 5.56 Å². The van der Waals surface area contributed by atoms with Crippen molar-refractivity contribution in [2.75, 3.05) is 0 Å². The van der Waals surface area contributed by atoms with Gasteiger partial charge in [0.15, 0.2) is 0 Å². The van der Waals surface area contributed by atoms with Crippen LogP contribution in [0.2, 0.25) is 0 Å². The number of aryl methyl sites for hydroxylation is 1. The van der Waals surface area contributed by atoms with Crippen LogP contribution in [-0.2, 0) is 11.2 Å². The van der Waals surface area contributed by atoms with Gasteiger partial charge in [0.05, 0.1) is 18.2 Å². The molecule has 0 spiro atoms. The predicted octanol–water partition coefficient (Wildman–Crippen LogP) is 2.26. The molecule has 0 bridgehead atoms. The highest BCUT2D eigenvalue weighted by molar-refractivity contribution is 5.70. The summed E-state index contributed by atoms with van der Waals surface area (Å²) in [5, 5.41) is 13.3. The van der Waals surface area contributed by atoms with Crippen LogP contribution >= 0.6 is 0 Å². The van der Waals surface area contributed by atoms with Crippen LogP contribution in [0.3, 0.4) is 0 Å². The topological polar surface area (TPSA) is 55.1 Å². The summed E-state index contributed by atoms with van der Waals surface area (Å²) in [5.74, 6) is -0.786. The number of carbonyl (C=O) groups is 1. The largest absolute Gasteiger partial charge is 0.481 e. The minimum Gasteiger partial charge on any atom is -0.481 e. The lowest BCUT2D eigenvalue weighted by Crippen LogP contribution is -2.23. The molecule has 88 valence electrons. The van der Waals surface area contributed by atoms with Crippen LogP contribution in [0.1, 0.15) is 44.2 Å². The van der Waals surface area contributed by atoms with Crippen molar-refractivity contribution in [2.24, 2.45) is 5.92 Å². The Hall–Kier alpha value is -1.32. The summed E-state index contributed by atoms with van der Waals surface area (Å²) < 4.78 is 2.01. The predicted molar refractivity (Wildman–Crippen MR) is 60.2 cm³/mol. The lowest BCUT2D eigenvalue weighted by molar-refractivity contribution is -0.143. The average Bonchev–Trinajstić information content (AvgIpc) is 2.77. The van der Waals surface area contributed by atoms with Gasteiger partial charge in [-0.1, -0.05) is 6.92 Å². The number of nitrogens with zero attached hydrogens (tertiary/aromatic N) is 2. The Bertz CT molecular complexity index is 365. The fourth-order valence-electron chi connectivity index (χ4n) is 2.35. The van der Waals surface area contributed by atoms with Gasteiger partial charge in [-0.15, -0.1) is 0 Å². The molecule has 0 amide bonds. The summed E-state index contributed by atoms with van der Waals surface area (Å²) in [6.07, 6.45) is 8.42. The fourth-order valence-corrected chi connectivity index (χ4v) is 2.35. The third-order valence-corrected chi connectivity index (χ3v) is 3.48.